The first-order valence-electron chi connectivity index (χ1n) is 7.18. The lowest BCUT2D eigenvalue weighted by Gasteiger charge is -2.27. The molecular weight excluding hydrogens is 274 g/mol. The Morgan fingerprint density at radius 2 is 1.86 bits per heavy atom. The van der Waals surface area contributed by atoms with Gasteiger partial charge in [-0.2, -0.15) is 0 Å². The van der Waals surface area contributed by atoms with Crippen molar-refractivity contribution in [3.8, 4) is 5.75 Å². The molecule has 0 aliphatic heterocycles. The maximum Gasteiger partial charge on any atom is 0.308 e. The van der Waals surface area contributed by atoms with Gasteiger partial charge in [0.1, 0.15) is 5.75 Å². The van der Waals surface area contributed by atoms with Crippen LogP contribution in [0.2, 0.25) is 0 Å². The van der Waals surface area contributed by atoms with Crippen LogP contribution in [-0.2, 0) is 9.53 Å². The second kappa shape index (κ2) is 7.06. The molecule has 1 saturated carbocycles. The van der Waals surface area contributed by atoms with E-state index in [0.29, 0.717) is 12.4 Å². The van der Waals surface area contributed by atoms with Gasteiger partial charge < -0.3 is 9.47 Å². The van der Waals surface area contributed by atoms with Crippen molar-refractivity contribution in [2.45, 2.75) is 38.7 Å². The predicted molar refractivity (Wildman–Crippen MR) is 76.1 cm³/mol. The zero-order chi connectivity index (χ0) is 15.2. The number of hydrogen-bond donors (Lipinski definition) is 0. The standard InChI is InChI=1S/C15H19NO5/c1-2-20-15(17)11-3-7-13(8-4-11)21-14-9-5-12(6-10-14)16(18)19/h5-6,9-11,13H,2-4,7-8H2,1H3. The molecule has 0 unspecified atom stereocenters. The van der Waals surface area contributed by atoms with Gasteiger partial charge in [-0.15, -0.1) is 0 Å². The molecule has 1 aliphatic carbocycles. The van der Waals surface area contributed by atoms with E-state index in [9.17, 15) is 14.9 Å². The Kier molecular flexibility index (Phi) is 5.14. The summed E-state index contributed by atoms with van der Waals surface area (Å²) in [5, 5.41) is 10.6. The van der Waals surface area contributed by atoms with Gasteiger partial charge in [0.15, 0.2) is 0 Å². The molecule has 0 spiro atoms. The molecule has 1 aromatic rings. The number of esters is 1. The van der Waals surface area contributed by atoms with Crippen LogP contribution in [0, 0.1) is 16.0 Å². The van der Waals surface area contributed by atoms with E-state index in [1.807, 2.05) is 0 Å². The first-order valence-corrected chi connectivity index (χ1v) is 7.18. The lowest BCUT2D eigenvalue weighted by atomic mass is 9.87. The molecule has 2 rings (SSSR count). The maximum atomic E-state index is 11.6. The highest BCUT2D eigenvalue weighted by molar-refractivity contribution is 5.72. The number of carbonyl (C=O) groups excluding carboxylic acids is 1. The zero-order valence-corrected chi connectivity index (χ0v) is 12.0. The summed E-state index contributed by atoms with van der Waals surface area (Å²) in [5.74, 6) is 0.480. The van der Waals surface area contributed by atoms with Gasteiger partial charge >= 0.3 is 5.97 Å². The van der Waals surface area contributed by atoms with Gasteiger partial charge in [0.25, 0.3) is 5.69 Å². The maximum absolute atomic E-state index is 11.6. The van der Waals surface area contributed by atoms with Gasteiger partial charge in [-0.05, 0) is 44.7 Å². The molecule has 0 saturated heterocycles. The second-order valence-electron chi connectivity index (χ2n) is 5.09. The minimum atomic E-state index is -0.436. The number of nitro benzene ring substituents is 1. The predicted octanol–water partition coefficient (Wildman–Crippen LogP) is 3.10. The molecular formula is C15H19NO5. The summed E-state index contributed by atoms with van der Waals surface area (Å²) in [5.41, 5.74) is 0.0494. The van der Waals surface area contributed by atoms with Crippen molar-refractivity contribution in [1.29, 1.82) is 0 Å². The van der Waals surface area contributed by atoms with Crippen molar-refractivity contribution >= 4 is 11.7 Å². The van der Waals surface area contributed by atoms with Crippen LogP contribution < -0.4 is 4.74 Å². The summed E-state index contributed by atoms with van der Waals surface area (Å²) < 4.78 is 10.8. The van der Waals surface area contributed by atoms with Crippen molar-refractivity contribution < 1.29 is 19.2 Å². The fourth-order valence-corrected chi connectivity index (χ4v) is 2.52. The van der Waals surface area contributed by atoms with Crippen molar-refractivity contribution in [2.75, 3.05) is 6.61 Å². The highest BCUT2D eigenvalue weighted by Gasteiger charge is 2.28. The Balaban J connectivity index is 1.83. The molecule has 0 bridgehead atoms. The van der Waals surface area contributed by atoms with Crippen LogP contribution in [-0.4, -0.2) is 23.6 Å². The first kappa shape index (κ1) is 15.3. The number of nitrogens with zero attached hydrogens (tertiary/aromatic N) is 1. The monoisotopic (exact) mass is 293 g/mol. The van der Waals surface area contributed by atoms with Crippen molar-refractivity contribution in [1.82, 2.24) is 0 Å². The lowest BCUT2D eigenvalue weighted by Crippen LogP contribution is -2.29. The Morgan fingerprint density at radius 1 is 1.24 bits per heavy atom. The van der Waals surface area contributed by atoms with Crippen LogP contribution in [0.4, 0.5) is 5.69 Å². The molecule has 21 heavy (non-hydrogen) atoms. The third-order valence-corrected chi connectivity index (χ3v) is 3.64. The van der Waals surface area contributed by atoms with E-state index in [0.717, 1.165) is 25.7 Å². The highest BCUT2D eigenvalue weighted by atomic mass is 16.6. The van der Waals surface area contributed by atoms with E-state index >= 15 is 0 Å². The van der Waals surface area contributed by atoms with Gasteiger partial charge in [0, 0.05) is 12.1 Å². The lowest BCUT2D eigenvalue weighted by molar-refractivity contribution is -0.384. The molecule has 1 aliphatic rings. The summed E-state index contributed by atoms with van der Waals surface area (Å²) in [6.07, 6.45) is 3.16. The number of ether oxygens (including phenoxy) is 2. The van der Waals surface area contributed by atoms with E-state index in [1.54, 1.807) is 19.1 Å². The van der Waals surface area contributed by atoms with Crippen LogP contribution >= 0.6 is 0 Å². The quantitative estimate of drug-likeness (QED) is 0.473. The molecule has 0 N–H and O–H groups in total. The average Bonchev–Trinajstić information content (AvgIpc) is 2.49. The molecule has 6 nitrogen and oxygen atoms in total. The first-order chi connectivity index (χ1) is 10.1. The second-order valence-corrected chi connectivity index (χ2v) is 5.09. The molecule has 6 heteroatoms. The van der Waals surface area contributed by atoms with Crippen LogP contribution in [0.5, 0.6) is 5.75 Å². The molecule has 0 radical (unpaired) electrons. The molecule has 1 aromatic carbocycles. The van der Waals surface area contributed by atoms with E-state index in [4.69, 9.17) is 9.47 Å². The van der Waals surface area contributed by atoms with Crippen LogP contribution in [0.15, 0.2) is 24.3 Å². The third kappa shape index (κ3) is 4.18. The van der Waals surface area contributed by atoms with Gasteiger partial charge in [-0.25, -0.2) is 0 Å². The number of hydrogen-bond acceptors (Lipinski definition) is 5. The van der Waals surface area contributed by atoms with Gasteiger partial charge in [-0.1, -0.05) is 0 Å². The summed E-state index contributed by atoms with van der Waals surface area (Å²) in [6, 6.07) is 6.07. The van der Waals surface area contributed by atoms with E-state index in [1.165, 1.54) is 12.1 Å². The third-order valence-electron chi connectivity index (χ3n) is 3.64. The average molecular weight is 293 g/mol. The van der Waals surface area contributed by atoms with E-state index < -0.39 is 4.92 Å². The Morgan fingerprint density at radius 3 is 2.38 bits per heavy atom. The number of non-ortho nitro benzene ring substituents is 1. The topological polar surface area (TPSA) is 78.7 Å². The smallest absolute Gasteiger partial charge is 0.308 e. The Hall–Kier alpha value is -2.11. The summed E-state index contributed by atoms with van der Waals surface area (Å²) >= 11 is 0. The van der Waals surface area contributed by atoms with E-state index in [-0.39, 0.29) is 23.7 Å². The molecule has 0 amide bonds. The summed E-state index contributed by atoms with van der Waals surface area (Å²) in [7, 11) is 0. The van der Waals surface area contributed by atoms with E-state index in [2.05, 4.69) is 0 Å². The molecule has 0 aromatic heterocycles. The fraction of sp³-hybridized carbons (Fsp3) is 0.533. The fourth-order valence-electron chi connectivity index (χ4n) is 2.52. The van der Waals surface area contributed by atoms with Gasteiger partial charge in [-0.3, -0.25) is 14.9 Å². The van der Waals surface area contributed by atoms with Crippen LogP contribution in [0.25, 0.3) is 0 Å². The normalized spacial score (nSPS) is 21.6. The number of benzene rings is 1. The molecule has 114 valence electrons. The van der Waals surface area contributed by atoms with Crippen molar-refractivity contribution in [3.63, 3.8) is 0 Å². The van der Waals surface area contributed by atoms with Gasteiger partial charge in [0.05, 0.1) is 23.6 Å². The van der Waals surface area contributed by atoms with Crippen molar-refractivity contribution in [3.05, 3.63) is 34.4 Å². The zero-order valence-electron chi connectivity index (χ0n) is 12.0. The molecule has 0 heterocycles. The highest BCUT2D eigenvalue weighted by Crippen LogP contribution is 2.29. The van der Waals surface area contributed by atoms with Crippen LogP contribution in [0.1, 0.15) is 32.6 Å². The summed E-state index contributed by atoms with van der Waals surface area (Å²) in [6.45, 7) is 2.22. The SMILES string of the molecule is CCOC(=O)C1CCC(Oc2ccc([N+](=O)[O-])cc2)CC1. The largest absolute Gasteiger partial charge is 0.490 e. The van der Waals surface area contributed by atoms with Crippen LogP contribution in [0.3, 0.4) is 0 Å². The number of carbonyl (C=O) groups is 1. The Bertz CT molecular complexity index is 491. The number of nitro groups is 1. The minimum Gasteiger partial charge on any atom is -0.490 e. The minimum absolute atomic E-state index is 0.0262. The van der Waals surface area contributed by atoms with Crippen molar-refractivity contribution in [2.24, 2.45) is 5.92 Å². The molecule has 1 fully saturated rings. The summed E-state index contributed by atoms with van der Waals surface area (Å²) in [4.78, 5) is 21.8. The number of rotatable bonds is 5. The molecule has 0 atom stereocenters. The Labute approximate surface area is 123 Å². The van der Waals surface area contributed by atoms with Gasteiger partial charge in [0.2, 0.25) is 0 Å².